The fraction of sp³-hybridized carbons (Fsp3) is 0.250. The first-order chi connectivity index (χ1) is 16.8. The lowest BCUT2D eigenvalue weighted by molar-refractivity contribution is -0.137. The van der Waals surface area contributed by atoms with Crippen molar-refractivity contribution in [2.45, 2.75) is 31.1 Å². The second-order valence-electron chi connectivity index (χ2n) is 7.67. The van der Waals surface area contributed by atoms with Gasteiger partial charge in [-0.25, -0.2) is 9.67 Å². The van der Waals surface area contributed by atoms with Crippen LogP contribution in [-0.4, -0.2) is 37.5 Å². The molecule has 0 saturated heterocycles. The van der Waals surface area contributed by atoms with Crippen LogP contribution in [0.1, 0.15) is 28.4 Å². The Bertz CT molecular complexity index is 1410. The Morgan fingerprint density at radius 2 is 1.94 bits per heavy atom. The Morgan fingerprint density at radius 1 is 1.14 bits per heavy atom. The molecule has 0 aliphatic rings. The van der Waals surface area contributed by atoms with Crippen LogP contribution in [0, 0.1) is 0 Å². The van der Waals surface area contributed by atoms with Crippen LogP contribution in [0.5, 0.6) is 0 Å². The summed E-state index contributed by atoms with van der Waals surface area (Å²) < 4.78 is 41.7. The molecule has 1 amide bonds. The number of carbonyl (C=O) groups excluding carboxylic acids is 1. The number of thioether (sulfide) groups is 1. The van der Waals surface area contributed by atoms with Crippen LogP contribution in [0.3, 0.4) is 0 Å². The second kappa shape index (κ2) is 10.3. The topological polar surface area (TPSA) is 81.8 Å². The average molecular weight is 502 g/mol. The van der Waals surface area contributed by atoms with Crippen molar-refractivity contribution in [1.29, 1.82) is 0 Å². The van der Waals surface area contributed by atoms with Crippen molar-refractivity contribution in [2.24, 2.45) is 0 Å². The van der Waals surface area contributed by atoms with Crippen LogP contribution >= 0.6 is 11.8 Å². The minimum absolute atomic E-state index is 0.0535. The number of halogens is 3. The molecule has 1 N–H and O–H groups in total. The average Bonchev–Trinajstić information content (AvgIpc) is 3.25. The molecule has 0 fully saturated rings. The maximum atomic E-state index is 13.0. The number of alkyl halides is 3. The smallest absolute Gasteiger partial charge is 0.350 e. The molecule has 0 atom stereocenters. The molecule has 11 heteroatoms. The highest BCUT2D eigenvalue weighted by atomic mass is 32.2. The number of nitrogens with one attached hydrogen (secondary N) is 1. The van der Waals surface area contributed by atoms with E-state index >= 15 is 0 Å². The fourth-order valence-corrected chi connectivity index (χ4v) is 4.42. The van der Waals surface area contributed by atoms with Gasteiger partial charge in [0.1, 0.15) is 11.7 Å². The van der Waals surface area contributed by atoms with E-state index in [-0.39, 0.29) is 24.4 Å². The highest BCUT2D eigenvalue weighted by Crippen LogP contribution is 2.29. The molecule has 0 aliphatic heterocycles. The Hall–Kier alpha value is -3.60. The molecule has 182 valence electrons. The maximum Gasteiger partial charge on any atom is 0.416 e. The summed E-state index contributed by atoms with van der Waals surface area (Å²) in [5.74, 6) is 0.648. The van der Waals surface area contributed by atoms with Gasteiger partial charge < -0.3 is 5.32 Å². The Kier molecular flexibility index (Phi) is 7.25. The van der Waals surface area contributed by atoms with Crippen molar-refractivity contribution in [3.05, 3.63) is 88.1 Å². The quantitative estimate of drug-likeness (QED) is 0.366. The van der Waals surface area contributed by atoms with E-state index in [1.807, 2.05) is 25.1 Å². The molecular formula is C24H22F3N5O2S. The number of hydrogen-bond acceptors (Lipinski definition) is 5. The summed E-state index contributed by atoms with van der Waals surface area (Å²) in [5.41, 5.74) is 0.0857. The van der Waals surface area contributed by atoms with Gasteiger partial charge in [0.2, 0.25) is 0 Å². The highest BCUT2D eigenvalue weighted by Gasteiger charge is 2.30. The maximum absolute atomic E-state index is 13.0. The number of rotatable bonds is 8. The predicted molar refractivity (Wildman–Crippen MR) is 128 cm³/mol. The predicted octanol–water partition coefficient (Wildman–Crippen LogP) is 4.20. The minimum atomic E-state index is -4.46. The van der Waals surface area contributed by atoms with E-state index in [0.29, 0.717) is 23.3 Å². The number of carbonyl (C=O) groups is 1. The zero-order valence-corrected chi connectivity index (χ0v) is 19.6. The molecule has 35 heavy (non-hydrogen) atoms. The number of fused-ring (bicyclic) bond motifs is 1. The van der Waals surface area contributed by atoms with Crippen LogP contribution in [0.25, 0.3) is 11.0 Å². The molecule has 0 radical (unpaired) electrons. The lowest BCUT2D eigenvalue weighted by Gasteiger charge is -2.11. The summed E-state index contributed by atoms with van der Waals surface area (Å²) >= 11 is 1.59. The van der Waals surface area contributed by atoms with E-state index in [9.17, 15) is 22.8 Å². The van der Waals surface area contributed by atoms with E-state index in [0.717, 1.165) is 22.8 Å². The highest BCUT2D eigenvalue weighted by molar-refractivity contribution is 7.99. The van der Waals surface area contributed by atoms with Gasteiger partial charge in [0, 0.05) is 11.4 Å². The molecule has 0 aliphatic carbocycles. The van der Waals surface area contributed by atoms with E-state index in [1.54, 1.807) is 17.8 Å². The van der Waals surface area contributed by atoms with Gasteiger partial charge in [-0.2, -0.15) is 18.3 Å². The molecule has 4 rings (SSSR count). The van der Waals surface area contributed by atoms with Gasteiger partial charge in [-0.05, 0) is 35.6 Å². The molecule has 2 aromatic heterocycles. The SMILES string of the molecule is CCSc1ccccc1C(=O)NCCn1ncc2c(=O)n(Cc3cccc(C(F)(F)F)c3)cnc21. The van der Waals surface area contributed by atoms with Crippen LogP contribution < -0.4 is 10.9 Å². The lowest BCUT2D eigenvalue weighted by Crippen LogP contribution is -2.28. The Balaban J connectivity index is 1.46. The summed E-state index contributed by atoms with van der Waals surface area (Å²) in [5, 5.41) is 7.31. The summed E-state index contributed by atoms with van der Waals surface area (Å²) in [6.07, 6.45) is -1.79. The molecule has 0 spiro atoms. The third-order valence-corrected chi connectivity index (χ3v) is 6.23. The van der Waals surface area contributed by atoms with Crippen LogP contribution in [0.15, 0.2) is 70.7 Å². The van der Waals surface area contributed by atoms with Gasteiger partial charge in [-0.3, -0.25) is 14.2 Å². The number of benzene rings is 2. The fourth-order valence-electron chi connectivity index (χ4n) is 3.62. The molecule has 0 unspecified atom stereocenters. The number of aromatic nitrogens is 4. The summed E-state index contributed by atoms with van der Waals surface area (Å²) in [6.45, 7) is 2.53. The minimum Gasteiger partial charge on any atom is -0.350 e. The van der Waals surface area contributed by atoms with Gasteiger partial charge in [-0.15, -0.1) is 11.8 Å². The van der Waals surface area contributed by atoms with E-state index in [4.69, 9.17) is 0 Å². The lowest BCUT2D eigenvalue weighted by atomic mass is 10.1. The molecule has 4 aromatic rings. The van der Waals surface area contributed by atoms with Crippen LogP contribution in [0.2, 0.25) is 0 Å². The Morgan fingerprint density at radius 3 is 2.71 bits per heavy atom. The van der Waals surface area contributed by atoms with Crippen LogP contribution in [-0.2, 0) is 19.3 Å². The number of amides is 1. The summed E-state index contributed by atoms with van der Waals surface area (Å²) in [6, 6.07) is 12.2. The van der Waals surface area contributed by atoms with Crippen molar-refractivity contribution in [2.75, 3.05) is 12.3 Å². The van der Waals surface area contributed by atoms with E-state index in [1.165, 1.54) is 33.9 Å². The largest absolute Gasteiger partial charge is 0.416 e. The van der Waals surface area contributed by atoms with Gasteiger partial charge in [-0.1, -0.05) is 31.2 Å². The normalized spacial score (nSPS) is 11.7. The first-order valence-electron chi connectivity index (χ1n) is 10.8. The van der Waals surface area contributed by atoms with Crippen molar-refractivity contribution in [1.82, 2.24) is 24.6 Å². The van der Waals surface area contributed by atoms with E-state index < -0.39 is 17.3 Å². The van der Waals surface area contributed by atoms with Gasteiger partial charge in [0.25, 0.3) is 11.5 Å². The molecule has 7 nitrogen and oxygen atoms in total. The van der Waals surface area contributed by atoms with Crippen molar-refractivity contribution in [3.8, 4) is 0 Å². The van der Waals surface area contributed by atoms with Crippen molar-refractivity contribution < 1.29 is 18.0 Å². The third kappa shape index (κ3) is 5.56. The molecular weight excluding hydrogens is 479 g/mol. The second-order valence-corrected chi connectivity index (χ2v) is 8.97. The Labute approximate surface area is 203 Å². The van der Waals surface area contributed by atoms with Gasteiger partial charge in [0.15, 0.2) is 5.65 Å². The molecule has 0 bridgehead atoms. The number of hydrogen-bond donors (Lipinski definition) is 1. The monoisotopic (exact) mass is 501 g/mol. The van der Waals surface area contributed by atoms with Crippen LogP contribution in [0.4, 0.5) is 13.2 Å². The number of nitrogens with zero attached hydrogens (tertiary/aromatic N) is 4. The summed E-state index contributed by atoms with van der Waals surface area (Å²) in [7, 11) is 0. The van der Waals surface area contributed by atoms with Gasteiger partial charge >= 0.3 is 6.18 Å². The summed E-state index contributed by atoms with van der Waals surface area (Å²) in [4.78, 5) is 30.7. The van der Waals surface area contributed by atoms with Crippen molar-refractivity contribution >= 4 is 28.7 Å². The van der Waals surface area contributed by atoms with E-state index in [2.05, 4.69) is 15.4 Å². The van der Waals surface area contributed by atoms with Crippen molar-refractivity contribution in [3.63, 3.8) is 0 Å². The first-order valence-corrected chi connectivity index (χ1v) is 11.8. The van der Waals surface area contributed by atoms with Gasteiger partial charge in [0.05, 0.1) is 30.4 Å². The molecule has 0 saturated carbocycles. The standard InChI is InChI=1S/C24H22F3N5O2S/c1-2-35-20-9-4-3-8-18(20)22(33)28-10-11-32-21-19(13-30-32)23(34)31(15-29-21)14-16-6-5-7-17(12-16)24(25,26)27/h3-9,12-13,15H,2,10-11,14H2,1H3,(H,28,33). The zero-order valence-electron chi connectivity index (χ0n) is 18.7. The third-order valence-electron chi connectivity index (χ3n) is 5.27. The first kappa shape index (κ1) is 24.5. The molecule has 2 aromatic carbocycles. The molecule has 2 heterocycles. The zero-order chi connectivity index (χ0) is 25.0.